The van der Waals surface area contributed by atoms with Crippen LogP contribution in [-0.2, 0) is 14.9 Å². The number of nitrogens with one attached hydrogen (secondary N) is 1. The lowest BCUT2D eigenvalue weighted by atomic mass is 9.86. The molecule has 1 amide bonds. The van der Waals surface area contributed by atoms with E-state index in [0.717, 1.165) is 11.1 Å². The van der Waals surface area contributed by atoms with E-state index in [0.29, 0.717) is 12.2 Å². The molecular formula is C23H29NO3. The van der Waals surface area contributed by atoms with Crippen molar-refractivity contribution in [1.29, 1.82) is 0 Å². The summed E-state index contributed by atoms with van der Waals surface area (Å²) in [6.45, 7) is 10.5. The molecule has 1 atom stereocenters. The first-order chi connectivity index (χ1) is 12.7. The van der Waals surface area contributed by atoms with Gasteiger partial charge < -0.3 is 10.1 Å². The van der Waals surface area contributed by atoms with Crippen LogP contribution < -0.4 is 5.32 Å². The number of esters is 1. The molecule has 0 spiro atoms. The number of ether oxygens (including phenoxy) is 1. The van der Waals surface area contributed by atoms with Crippen molar-refractivity contribution in [2.24, 2.45) is 0 Å². The van der Waals surface area contributed by atoms with Gasteiger partial charge in [-0.3, -0.25) is 9.59 Å². The molecule has 0 heterocycles. The van der Waals surface area contributed by atoms with Crippen LogP contribution >= 0.6 is 0 Å². The summed E-state index contributed by atoms with van der Waals surface area (Å²) in [5.74, 6) is -0.531. The summed E-state index contributed by atoms with van der Waals surface area (Å²) in [5, 5.41) is 2.98. The molecule has 0 aliphatic rings. The van der Waals surface area contributed by atoms with Crippen molar-refractivity contribution in [3.63, 3.8) is 0 Å². The Morgan fingerprint density at radius 1 is 1.00 bits per heavy atom. The van der Waals surface area contributed by atoms with E-state index in [1.54, 1.807) is 6.92 Å². The van der Waals surface area contributed by atoms with Gasteiger partial charge in [-0.15, -0.1) is 0 Å². The smallest absolute Gasteiger partial charge is 0.308 e. The zero-order valence-electron chi connectivity index (χ0n) is 16.8. The summed E-state index contributed by atoms with van der Waals surface area (Å²) in [5.41, 5.74) is 3.78. The van der Waals surface area contributed by atoms with Crippen LogP contribution in [0.2, 0.25) is 0 Å². The molecule has 0 saturated heterocycles. The third-order valence-corrected chi connectivity index (χ3v) is 4.47. The quantitative estimate of drug-likeness (QED) is 0.752. The van der Waals surface area contributed by atoms with E-state index in [9.17, 15) is 9.59 Å². The molecule has 4 heteroatoms. The topological polar surface area (TPSA) is 55.4 Å². The lowest BCUT2D eigenvalue weighted by molar-refractivity contribution is -0.143. The van der Waals surface area contributed by atoms with Crippen LogP contribution in [0.4, 0.5) is 0 Å². The molecule has 0 aliphatic carbocycles. The molecule has 0 unspecified atom stereocenters. The Labute approximate surface area is 161 Å². The molecule has 0 fully saturated rings. The van der Waals surface area contributed by atoms with Crippen LogP contribution in [0.15, 0.2) is 48.5 Å². The first-order valence-corrected chi connectivity index (χ1v) is 9.34. The Bertz CT molecular complexity index is 771. The fraction of sp³-hybridized carbons (Fsp3) is 0.391. The second-order valence-electron chi connectivity index (χ2n) is 7.77. The average Bonchev–Trinajstić information content (AvgIpc) is 2.61. The third kappa shape index (κ3) is 5.95. The Morgan fingerprint density at radius 2 is 1.59 bits per heavy atom. The van der Waals surface area contributed by atoms with Crippen molar-refractivity contribution in [2.45, 2.75) is 52.5 Å². The van der Waals surface area contributed by atoms with Crippen molar-refractivity contribution in [3.05, 3.63) is 70.8 Å². The molecule has 1 N–H and O–H groups in total. The van der Waals surface area contributed by atoms with E-state index in [1.165, 1.54) is 5.56 Å². The molecule has 0 radical (unpaired) electrons. The van der Waals surface area contributed by atoms with E-state index in [2.05, 4.69) is 26.1 Å². The summed E-state index contributed by atoms with van der Waals surface area (Å²) in [4.78, 5) is 24.7. The number of aryl methyl sites for hydroxylation is 1. The van der Waals surface area contributed by atoms with Crippen molar-refractivity contribution in [1.82, 2.24) is 5.32 Å². The van der Waals surface area contributed by atoms with Gasteiger partial charge in [-0.2, -0.15) is 0 Å². The van der Waals surface area contributed by atoms with Crippen LogP contribution in [0, 0.1) is 6.92 Å². The van der Waals surface area contributed by atoms with Crippen LogP contribution in [0.5, 0.6) is 0 Å². The van der Waals surface area contributed by atoms with Crippen LogP contribution in [0.25, 0.3) is 0 Å². The minimum Gasteiger partial charge on any atom is -0.466 e. The summed E-state index contributed by atoms with van der Waals surface area (Å²) in [6.07, 6.45) is 0.0999. The summed E-state index contributed by atoms with van der Waals surface area (Å²) >= 11 is 0. The Balaban J connectivity index is 2.19. The predicted octanol–water partition coefficient (Wildman–Crippen LogP) is 4.72. The van der Waals surface area contributed by atoms with Crippen molar-refractivity contribution in [2.75, 3.05) is 6.61 Å². The zero-order chi connectivity index (χ0) is 20.0. The van der Waals surface area contributed by atoms with Gasteiger partial charge in [0.25, 0.3) is 5.91 Å². The SMILES string of the molecule is CCOC(=O)C[C@H](NC(=O)c1ccc(C(C)(C)C)cc1)c1ccc(C)cc1. The summed E-state index contributed by atoms with van der Waals surface area (Å²) in [6, 6.07) is 15.0. The number of amides is 1. The molecule has 144 valence electrons. The fourth-order valence-corrected chi connectivity index (χ4v) is 2.80. The first-order valence-electron chi connectivity index (χ1n) is 9.34. The summed E-state index contributed by atoms with van der Waals surface area (Å²) in [7, 11) is 0. The molecule has 2 rings (SSSR count). The molecule has 27 heavy (non-hydrogen) atoms. The van der Waals surface area contributed by atoms with Crippen molar-refractivity contribution >= 4 is 11.9 Å². The van der Waals surface area contributed by atoms with Crippen LogP contribution in [-0.4, -0.2) is 18.5 Å². The number of carbonyl (C=O) groups is 2. The molecular weight excluding hydrogens is 338 g/mol. The van der Waals surface area contributed by atoms with Crippen molar-refractivity contribution in [3.8, 4) is 0 Å². The number of hydrogen-bond acceptors (Lipinski definition) is 3. The highest BCUT2D eigenvalue weighted by molar-refractivity contribution is 5.94. The highest BCUT2D eigenvalue weighted by Crippen LogP contribution is 2.23. The van der Waals surface area contributed by atoms with E-state index >= 15 is 0 Å². The molecule has 2 aromatic rings. The van der Waals surface area contributed by atoms with Gasteiger partial charge in [0.2, 0.25) is 0 Å². The Kier molecular flexibility index (Phi) is 6.78. The minimum absolute atomic E-state index is 0.0311. The van der Waals surface area contributed by atoms with Gasteiger partial charge in [0.1, 0.15) is 0 Å². The summed E-state index contributed by atoms with van der Waals surface area (Å²) < 4.78 is 5.07. The maximum atomic E-state index is 12.7. The maximum absolute atomic E-state index is 12.7. The third-order valence-electron chi connectivity index (χ3n) is 4.47. The number of benzene rings is 2. The van der Waals surface area contributed by atoms with Crippen LogP contribution in [0.1, 0.15) is 67.2 Å². The molecule has 0 saturated carbocycles. The fourth-order valence-electron chi connectivity index (χ4n) is 2.80. The lowest BCUT2D eigenvalue weighted by Gasteiger charge is -2.21. The van der Waals surface area contributed by atoms with Crippen LogP contribution in [0.3, 0.4) is 0 Å². The molecule has 0 bridgehead atoms. The van der Waals surface area contributed by atoms with Gasteiger partial charge >= 0.3 is 5.97 Å². The Morgan fingerprint density at radius 3 is 2.11 bits per heavy atom. The normalized spacial score (nSPS) is 12.3. The Hall–Kier alpha value is -2.62. The van der Waals surface area contributed by atoms with Gasteiger partial charge in [-0.1, -0.05) is 62.7 Å². The largest absolute Gasteiger partial charge is 0.466 e. The van der Waals surface area contributed by atoms with E-state index in [4.69, 9.17) is 4.74 Å². The monoisotopic (exact) mass is 367 g/mol. The minimum atomic E-state index is -0.431. The molecule has 0 aliphatic heterocycles. The number of rotatable bonds is 6. The predicted molar refractivity (Wildman–Crippen MR) is 108 cm³/mol. The maximum Gasteiger partial charge on any atom is 0.308 e. The number of carbonyl (C=O) groups excluding carboxylic acids is 2. The van der Waals surface area contributed by atoms with Gasteiger partial charge in [0.05, 0.1) is 19.1 Å². The zero-order valence-corrected chi connectivity index (χ0v) is 16.8. The standard InChI is InChI=1S/C23H29NO3/c1-6-27-21(25)15-20(17-9-7-16(2)8-10-17)24-22(26)18-11-13-19(14-12-18)23(3,4)5/h7-14,20H,6,15H2,1-5H3,(H,24,26)/t20-/m0/s1. The average molecular weight is 367 g/mol. The first kappa shape index (κ1) is 20.7. The highest BCUT2D eigenvalue weighted by atomic mass is 16.5. The molecule has 0 aromatic heterocycles. The number of hydrogen-bond donors (Lipinski definition) is 1. The van der Waals surface area contributed by atoms with Gasteiger partial charge in [0.15, 0.2) is 0 Å². The van der Waals surface area contributed by atoms with E-state index < -0.39 is 6.04 Å². The van der Waals surface area contributed by atoms with Gasteiger partial charge in [0, 0.05) is 5.56 Å². The molecule has 2 aromatic carbocycles. The lowest BCUT2D eigenvalue weighted by Crippen LogP contribution is -2.30. The molecule has 4 nitrogen and oxygen atoms in total. The van der Waals surface area contributed by atoms with Gasteiger partial charge in [-0.25, -0.2) is 0 Å². The van der Waals surface area contributed by atoms with Crippen molar-refractivity contribution < 1.29 is 14.3 Å². The van der Waals surface area contributed by atoms with Gasteiger partial charge in [-0.05, 0) is 42.5 Å². The highest BCUT2D eigenvalue weighted by Gasteiger charge is 2.21. The second kappa shape index (κ2) is 8.85. The second-order valence-corrected chi connectivity index (χ2v) is 7.77. The van der Waals surface area contributed by atoms with E-state index in [-0.39, 0.29) is 23.7 Å². The van der Waals surface area contributed by atoms with E-state index in [1.807, 2.05) is 55.5 Å².